The van der Waals surface area contributed by atoms with E-state index in [2.05, 4.69) is 10.6 Å². The Kier molecular flexibility index (Phi) is 7.53. The van der Waals surface area contributed by atoms with E-state index in [1.54, 1.807) is 49.6 Å². The number of carbonyl (C=O) groups excluding carboxylic acids is 2. The summed E-state index contributed by atoms with van der Waals surface area (Å²) < 4.78 is 16.0. The maximum Gasteiger partial charge on any atom is 0.262 e. The van der Waals surface area contributed by atoms with E-state index < -0.39 is 5.91 Å². The minimum Gasteiger partial charge on any atom is -0.497 e. The molecule has 1 aliphatic carbocycles. The molecular formula is C26H25N3O5S. The number of nitriles is 1. The third kappa shape index (κ3) is 5.55. The molecule has 0 aliphatic heterocycles. The summed E-state index contributed by atoms with van der Waals surface area (Å²) in [7, 11) is 3.05. The van der Waals surface area contributed by atoms with Crippen molar-refractivity contribution in [2.75, 3.05) is 31.5 Å². The molecule has 0 saturated carbocycles. The van der Waals surface area contributed by atoms with E-state index in [9.17, 15) is 9.59 Å². The zero-order chi connectivity index (χ0) is 24.8. The average Bonchev–Trinajstić information content (AvgIpc) is 3.25. The fourth-order valence-corrected chi connectivity index (χ4v) is 5.23. The normalized spacial score (nSPS) is 12.1. The maximum atomic E-state index is 13.3. The van der Waals surface area contributed by atoms with Crippen molar-refractivity contribution >= 4 is 33.8 Å². The van der Waals surface area contributed by atoms with Crippen LogP contribution in [0, 0.1) is 11.3 Å². The Hall–Kier alpha value is -4.03. The molecule has 1 aromatic heterocycles. The van der Waals surface area contributed by atoms with Gasteiger partial charge in [0.15, 0.2) is 18.1 Å². The Morgan fingerprint density at radius 2 is 1.77 bits per heavy atom. The first kappa shape index (κ1) is 24.1. The Bertz CT molecular complexity index is 1280. The summed E-state index contributed by atoms with van der Waals surface area (Å²) in [6.07, 6.45) is 3.74. The van der Waals surface area contributed by atoms with Gasteiger partial charge in [0.1, 0.15) is 10.8 Å². The van der Waals surface area contributed by atoms with Gasteiger partial charge in [0, 0.05) is 16.6 Å². The molecule has 1 aliphatic rings. The van der Waals surface area contributed by atoms with Gasteiger partial charge in [0.25, 0.3) is 11.8 Å². The molecule has 1 heterocycles. The lowest BCUT2D eigenvalue weighted by Gasteiger charge is -2.14. The van der Waals surface area contributed by atoms with Crippen LogP contribution in [0.5, 0.6) is 17.2 Å². The molecule has 2 aromatic carbocycles. The standard InChI is InChI=1S/C26H25N3O5S/c1-32-18-10-8-17(9-11-18)28-25(31)24-19-5-3-4-6-22(19)35-26(24)29-23(30)15-34-20-12-7-16(14-27)13-21(20)33-2/h7-13H,3-6,15H2,1-2H3,(H,28,31)(H,29,30). The van der Waals surface area contributed by atoms with E-state index in [1.807, 2.05) is 6.07 Å². The van der Waals surface area contributed by atoms with Crippen LogP contribution in [0.25, 0.3) is 0 Å². The Labute approximate surface area is 207 Å². The fraction of sp³-hybridized carbons (Fsp3) is 0.269. The second-order valence-corrected chi connectivity index (χ2v) is 9.02. The van der Waals surface area contributed by atoms with Gasteiger partial charge < -0.3 is 24.8 Å². The number of hydrogen-bond acceptors (Lipinski definition) is 7. The molecule has 0 unspecified atom stereocenters. The maximum absolute atomic E-state index is 13.3. The van der Waals surface area contributed by atoms with Crippen molar-refractivity contribution in [2.24, 2.45) is 0 Å². The van der Waals surface area contributed by atoms with Gasteiger partial charge >= 0.3 is 0 Å². The van der Waals surface area contributed by atoms with Crippen LogP contribution < -0.4 is 24.8 Å². The molecule has 8 nitrogen and oxygen atoms in total. The second-order valence-electron chi connectivity index (χ2n) is 7.91. The second kappa shape index (κ2) is 10.9. The van der Waals surface area contributed by atoms with Gasteiger partial charge in [0.2, 0.25) is 0 Å². The molecule has 0 spiro atoms. The SMILES string of the molecule is COc1ccc(NC(=O)c2c(NC(=O)COc3ccc(C#N)cc3OC)sc3c2CCCC3)cc1. The summed E-state index contributed by atoms with van der Waals surface area (Å²) in [5.74, 6) is 0.753. The molecule has 0 bridgehead atoms. The number of amides is 2. The Balaban J connectivity index is 1.50. The van der Waals surface area contributed by atoms with Gasteiger partial charge in [-0.05, 0) is 67.6 Å². The first-order valence-electron chi connectivity index (χ1n) is 11.1. The zero-order valence-electron chi connectivity index (χ0n) is 19.5. The van der Waals surface area contributed by atoms with E-state index in [1.165, 1.54) is 18.4 Å². The van der Waals surface area contributed by atoms with Crippen molar-refractivity contribution in [1.82, 2.24) is 0 Å². The topological polar surface area (TPSA) is 110 Å². The third-order valence-electron chi connectivity index (χ3n) is 5.65. The van der Waals surface area contributed by atoms with Gasteiger partial charge in [-0.2, -0.15) is 5.26 Å². The van der Waals surface area contributed by atoms with Crippen molar-refractivity contribution in [3.05, 3.63) is 64.0 Å². The van der Waals surface area contributed by atoms with Crippen molar-refractivity contribution < 1.29 is 23.8 Å². The number of rotatable bonds is 8. The molecule has 0 radical (unpaired) electrons. The van der Waals surface area contributed by atoms with E-state index in [4.69, 9.17) is 19.5 Å². The van der Waals surface area contributed by atoms with E-state index in [0.717, 1.165) is 36.1 Å². The van der Waals surface area contributed by atoms with Crippen LogP contribution >= 0.6 is 11.3 Å². The minimum atomic E-state index is -0.395. The number of aryl methyl sites for hydroxylation is 1. The largest absolute Gasteiger partial charge is 0.497 e. The first-order valence-corrected chi connectivity index (χ1v) is 11.9. The van der Waals surface area contributed by atoms with Gasteiger partial charge in [-0.3, -0.25) is 9.59 Å². The summed E-state index contributed by atoms with van der Waals surface area (Å²) in [6.45, 7) is -0.273. The quantitative estimate of drug-likeness (QED) is 0.469. The molecule has 2 N–H and O–H groups in total. The number of methoxy groups -OCH3 is 2. The lowest BCUT2D eigenvalue weighted by Crippen LogP contribution is -2.22. The highest BCUT2D eigenvalue weighted by Crippen LogP contribution is 2.38. The van der Waals surface area contributed by atoms with Gasteiger partial charge in [-0.15, -0.1) is 11.3 Å². The summed E-state index contributed by atoms with van der Waals surface area (Å²) in [5.41, 5.74) is 2.57. The summed E-state index contributed by atoms with van der Waals surface area (Å²) in [6, 6.07) is 13.8. The van der Waals surface area contributed by atoms with Crippen LogP contribution in [-0.2, 0) is 17.6 Å². The van der Waals surface area contributed by atoms with Crippen LogP contribution in [0.2, 0.25) is 0 Å². The number of carbonyl (C=O) groups is 2. The third-order valence-corrected chi connectivity index (χ3v) is 6.86. The highest BCUT2D eigenvalue weighted by Gasteiger charge is 2.26. The summed E-state index contributed by atoms with van der Waals surface area (Å²) in [4.78, 5) is 27.1. The first-order chi connectivity index (χ1) is 17.0. The van der Waals surface area contributed by atoms with E-state index in [0.29, 0.717) is 39.1 Å². The van der Waals surface area contributed by atoms with Crippen LogP contribution in [0.15, 0.2) is 42.5 Å². The number of fused-ring (bicyclic) bond motifs is 1. The molecule has 4 rings (SSSR count). The van der Waals surface area contributed by atoms with Crippen molar-refractivity contribution in [1.29, 1.82) is 5.26 Å². The number of thiophene rings is 1. The molecule has 9 heteroatoms. The van der Waals surface area contributed by atoms with Gasteiger partial charge in [0.05, 0.1) is 31.4 Å². The number of nitrogens with zero attached hydrogens (tertiary/aromatic N) is 1. The molecule has 3 aromatic rings. The predicted octanol–water partition coefficient (Wildman–Crippen LogP) is 4.79. The van der Waals surface area contributed by atoms with Gasteiger partial charge in [-0.1, -0.05) is 0 Å². The Morgan fingerprint density at radius 1 is 1.00 bits per heavy atom. The average molecular weight is 492 g/mol. The lowest BCUT2D eigenvalue weighted by molar-refractivity contribution is -0.118. The monoisotopic (exact) mass is 491 g/mol. The lowest BCUT2D eigenvalue weighted by atomic mass is 9.95. The summed E-state index contributed by atoms with van der Waals surface area (Å²) in [5, 5.41) is 15.4. The number of hydrogen-bond donors (Lipinski definition) is 2. The molecule has 0 atom stereocenters. The number of anilines is 2. The molecule has 0 fully saturated rings. The van der Waals surface area contributed by atoms with Crippen molar-refractivity contribution in [3.63, 3.8) is 0 Å². The fourth-order valence-electron chi connectivity index (χ4n) is 3.92. The smallest absolute Gasteiger partial charge is 0.262 e. The minimum absolute atomic E-state index is 0.264. The van der Waals surface area contributed by atoms with E-state index >= 15 is 0 Å². The number of benzene rings is 2. The molecule has 0 saturated heterocycles. The molecular weight excluding hydrogens is 466 g/mol. The van der Waals surface area contributed by atoms with Crippen LogP contribution in [-0.4, -0.2) is 32.6 Å². The van der Waals surface area contributed by atoms with Crippen molar-refractivity contribution in [2.45, 2.75) is 25.7 Å². The highest BCUT2D eigenvalue weighted by atomic mass is 32.1. The number of ether oxygens (including phenoxy) is 3. The van der Waals surface area contributed by atoms with Crippen LogP contribution in [0.3, 0.4) is 0 Å². The van der Waals surface area contributed by atoms with Crippen LogP contribution in [0.4, 0.5) is 10.7 Å². The zero-order valence-corrected chi connectivity index (χ0v) is 20.3. The molecule has 35 heavy (non-hydrogen) atoms. The van der Waals surface area contributed by atoms with Crippen molar-refractivity contribution in [3.8, 4) is 23.3 Å². The highest BCUT2D eigenvalue weighted by molar-refractivity contribution is 7.17. The summed E-state index contributed by atoms with van der Waals surface area (Å²) >= 11 is 1.44. The predicted molar refractivity (Wildman–Crippen MR) is 134 cm³/mol. The molecule has 180 valence electrons. The van der Waals surface area contributed by atoms with Gasteiger partial charge in [-0.25, -0.2) is 0 Å². The van der Waals surface area contributed by atoms with Crippen LogP contribution in [0.1, 0.15) is 39.2 Å². The Morgan fingerprint density at radius 3 is 2.49 bits per heavy atom. The molecule has 2 amide bonds. The van der Waals surface area contributed by atoms with E-state index in [-0.39, 0.29) is 12.5 Å². The number of nitrogens with one attached hydrogen (secondary N) is 2.